The highest BCUT2D eigenvalue weighted by atomic mass is 79.9. The molecular weight excluding hydrogens is 299 g/mol. The van der Waals surface area contributed by atoms with Gasteiger partial charge in [0.2, 0.25) is 5.91 Å². The van der Waals surface area contributed by atoms with Crippen molar-refractivity contribution in [3.63, 3.8) is 0 Å². The van der Waals surface area contributed by atoms with E-state index in [-0.39, 0.29) is 11.7 Å². The number of likely N-dealkylation sites (N-methyl/N-ethyl adjacent to an activating group) is 1. The van der Waals surface area contributed by atoms with Crippen molar-refractivity contribution in [3.8, 4) is 0 Å². The van der Waals surface area contributed by atoms with E-state index in [9.17, 15) is 9.18 Å². The molecule has 0 radical (unpaired) electrons. The molecule has 2 rings (SSSR count). The first-order chi connectivity index (χ1) is 8.56. The lowest BCUT2D eigenvalue weighted by Crippen LogP contribution is -2.36. The van der Waals surface area contributed by atoms with Crippen molar-refractivity contribution in [1.29, 1.82) is 0 Å². The normalized spacial score (nSPS) is 14.9. The topological polar surface area (TPSA) is 32.3 Å². The van der Waals surface area contributed by atoms with Crippen molar-refractivity contribution in [2.24, 2.45) is 0 Å². The van der Waals surface area contributed by atoms with Crippen LogP contribution in [0.1, 0.15) is 18.4 Å². The van der Waals surface area contributed by atoms with Crippen LogP contribution in [-0.2, 0) is 11.3 Å². The van der Waals surface area contributed by atoms with Gasteiger partial charge in [-0.2, -0.15) is 0 Å². The van der Waals surface area contributed by atoms with Gasteiger partial charge in [0, 0.05) is 12.6 Å². The van der Waals surface area contributed by atoms with E-state index < -0.39 is 0 Å². The molecule has 0 unspecified atom stereocenters. The largest absolute Gasteiger partial charge is 0.352 e. The first-order valence-electron chi connectivity index (χ1n) is 5.97. The highest BCUT2D eigenvalue weighted by molar-refractivity contribution is 9.10. The molecule has 0 spiro atoms. The molecule has 3 nitrogen and oxygen atoms in total. The molecule has 0 aliphatic heterocycles. The minimum absolute atomic E-state index is 0.0347. The zero-order chi connectivity index (χ0) is 13.1. The summed E-state index contributed by atoms with van der Waals surface area (Å²) in [5.74, 6) is -0.240. The monoisotopic (exact) mass is 314 g/mol. The summed E-state index contributed by atoms with van der Waals surface area (Å²) in [6, 6.07) is 5.32. The number of amides is 1. The Morgan fingerprint density at radius 3 is 2.94 bits per heavy atom. The molecule has 1 aliphatic carbocycles. The predicted molar refractivity (Wildman–Crippen MR) is 71.6 cm³/mol. The summed E-state index contributed by atoms with van der Waals surface area (Å²) in [4.78, 5) is 13.5. The summed E-state index contributed by atoms with van der Waals surface area (Å²) in [6.45, 7) is 0.871. The van der Waals surface area contributed by atoms with Gasteiger partial charge in [0.25, 0.3) is 0 Å². The Morgan fingerprint density at radius 2 is 2.28 bits per heavy atom. The highest BCUT2D eigenvalue weighted by Gasteiger charge is 2.23. The zero-order valence-electron chi connectivity index (χ0n) is 10.2. The first kappa shape index (κ1) is 13.5. The van der Waals surface area contributed by atoms with E-state index in [0.29, 0.717) is 23.6 Å². The van der Waals surface area contributed by atoms with Crippen molar-refractivity contribution in [3.05, 3.63) is 34.1 Å². The number of halogens is 2. The minimum atomic E-state index is -0.275. The molecule has 98 valence electrons. The standard InChI is InChI=1S/C13H16BrFN2O/c1-17(8-12(18)16-10-5-6-10)7-9-3-2-4-11(15)13(9)14/h2-4,10H,5-8H2,1H3,(H,16,18). The molecule has 0 aromatic heterocycles. The van der Waals surface area contributed by atoms with Crippen molar-refractivity contribution in [1.82, 2.24) is 10.2 Å². The molecule has 1 saturated carbocycles. The van der Waals surface area contributed by atoms with Crippen LogP contribution >= 0.6 is 15.9 Å². The summed E-state index contributed by atoms with van der Waals surface area (Å²) < 4.78 is 13.8. The molecule has 0 atom stereocenters. The van der Waals surface area contributed by atoms with Crippen LogP contribution in [0, 0.1) is 5.82 Å². The van der Waals surface area contributed by atoms with E-state index in [0.717, 1.165) is 18.4 Å². The summed E-state index contributed by atoms with van der Waals surface area (Å²) >= 11 is 3.22. The fourth-order valence-corrected chi connectivity index (χ4v) is 2.15. The second kappa shape index (κ2) is 5.80. The van der Waals surface area contributed by atoms with Crippen LogP contribution in [0.2, 0.25) is 0 Å². The molecular formula is C13H16BrFN2O. The van der Waals surface area contributed by atoms with E-state index >= 15 is 0 Å². The van der Waals surface area contributed by atoms with E-state index in [1.807, 2.05) is 18.0 Å². The second-order valence-corrected chi connectivity index (χ2v) is 5.52. The third-order valence-corrected chi connectivity index (χ3v) is 3.72. The fraction of sp³-hybridized carbons (Fsp3) is 0.462. The molecule has 1 N–H and O–H groups in total. The Balaban J connectivity index is 1.87. The number of nitrogens with zero attached hydrogens (tertiary/aromatic N) is 1. The van der Waals surface area contributed by atoms with Gasteiger partial charge in [-0.15, -0.1) is 0 Å². The molecule has 18 heavy (non-hydrogen) atoms. The predicted octanol–water partition coefficient (Wildman–Crippen LogP) is 2.30. The molecule has 0 saturated heterocycles. The third-order valence-electron chi connectivity index (χ3n) is 2.83. The smallest absolute Gasteiger partial charge is 0.234 e. The van der Waals surface area contributed by atoms with Crippen LogP contribution in [-0.4, -0.2) is 30.4 Å². The Morgan fingerprint density at radius 1 is 1.56 bits per heavy atom. The van der Waals surface area contributed by atoms with Gasteiger partial charge in [0.15, 0.2) is 0 Å². The van der Waals surface area contributed by atoms with Gasteiger partial charge in [-0.05, 0) is 47.4 Å². The minimum Gasteiger partial charge on any atom is -0.352 e. The van der Waals surface area contributed by atoms with E-state index in [2.05, 4.69) is 21.2 Å². The molecule has 1 aliphatic rings. The van der Waals surface area contributed by atoms with Crippen molar-refractivity contribution >= 4 is 21.8 Å². The summed E-state index contributed by atoms with van der Waals surface area (Å²) in [7, 11) is 1.85. The molecule has 1 fully saturated rings. The van der Waals surface area contributed by atoms with Crippen LogP contribution in [0.4, 0.5) is 4.39 Å². The number of nitrogens with one attached hydrogen (secondary N) is 1. The first-order valence-corrected chi connectivity index (χ1v) is 6.76. The molecule has 0 bridgehead atoms. The van der Waals surface area contributed by atoms with Gasteiger partial charge in [-0.25, -0.2) is 4.39 Å². The SMILES string of the molecule is CN(CC(=O)NC1CC1)Cc1cccc(F)c1Br. The summed E-state index contributed by atoms with van der Waals surface area (Å²) in [5, 5.41) is 2.93. The van der Waals surface area contributed by atoms with E-state index in [4.69, 9.17) is 0 Å². The Kier molecular flexibility index (Phi) is 4.35. The van der Waals surface area contributed by atoms with Gasteiger partial charge in [0.05, 0.1) is 11.0 Å². The maximum atomic E-state index is 13.3. The molecule has 0 heterocycles. The number of carbonyl (C=O) groups is 1. The number of rotatable bonds is 5. The van der Waals surface area contributed by atoms with Crippen molar-refractivity contribution in [2.75, 3.05) is 13.6 Å². The van der Waals surface area contributed by atoms with Gasteiger partial charge >= 0.3 is 0 Å². The number of benzene rings is 1. The van der Waals surface area contributed by atoms with Gasteiger partial charge < -0.3 is 5.32 Å². The maximum Gasteiger partial charge on any atom is 0.234 e. The molecule has 1 amide bonds. The van der Waals surface area contributed by atoms with Crippen LogP contribution in [0.25, 0.3) is 0 Å². The van der Waals surface area contributed by atoms with Crippen molar-refractivity contribution in [2.45, 2.75) is 25.4 Å². The Labute approximate surface area is 114 Å². The van der Waals surface area contributed by atoms with Crippen LogP contribution in [0.3, 0.4) is 0 Å². The van der Waals surface area contributed by atoms with E-state index in [1.165, 1.54) is 6.07 Å². The van der Waals surface area contributed by atoms with Gasteiger partial charge in [-0.1, -0.05) is 12.1 Å². The average molecular weight is 315 g/mol. The molecule has 5 heteroatoms. The molecule has 1 aromatic rings. The third kappa shape index (κ3) is 3.78. The van der Waals surface area contributed by atoms with Crippen LogP contribution in [0.15, 0.2) is 22.7 Å². The summed E-state index contributed by atoms with van der Waals surface area (Å²) in [5.41, 5.74) is 0.844. The van der Waals surface area contributed by atoms with Gasteiger partial charge in [-0.3, -0.25) is 9.69 Å². The Bertz CT molecular complexity index is 449. The van der Waals surface area contributed by atoms with Crippen molar-refractivity contribution < 1.29 is 9.18 Å². The van der Waals surface area contributed by atoms with Gasteiger partial charge in [0.1, 0.15) is 5.82 Å². The lowest BCUT2D eigenvalue weighted by atomic mass is 10.2. The van der Waals surface area contributed by atoms with Crippen LogP contribution < -0.4 is 5.32 Å². The lowest BCUT2D eigenvalue weighted by molar-refractivity contribution is -0.122. The quantitative estimate of drug-likeness (QED) is 0.904. The lowest BCUT2D eigenvalue weighted by Gasteiger charge is -2.17. The van der Waals surface area contributed by atoms with Crippen LogP contribution in [0.5, 0.6) is 0 Å². The fourth-order valence-electron chi connectivity index (χ4n) is 1.76. The number of hydrogen-bond donors (Lipinski definition) is 1. The Hall–Kier alpha value is -0.940. The molecule has 1 aromatic carbocycles. The van der Waals surface area contributed by atoms with E-state index in [1.54, 1.807) is 6.07 Å². The number of carbonyl (C=O) groups excluding carboxylic acids is 1. The summed E-state index contributed by atoms with van der Waals surface area (Å²) in [6.07, 6.45) is 2.18. The zero-order valence-corrected chi connectivity index (χ0v) is 11.8. The number of hydrogen-bond acceptors (Lipinski definition) is 2. The second-order valence-electron chi connectivity index (χ2n) is 4.73. The maximum absolute atomic E-state index is 13.3. The highest BCUT2D eigenvalue weighted by Crippen LogP contribution is 2.21. The average Bonchev–Trinajstić information content (AvgIpc) is 3.08.